The Morgan fingerprint density at radius 1 is 1.40 bits per heavy atom. The fourth-order valence-electron chi connectivity index (χ4n) is 2.54. The highest BCUT2D eigenvalue weighted by atomic mass is 16.7. The lowest BCUT2D eigenvalue weighted by molar-refractivity contribution is -0.908. The third-order valence-corrected chi connectivity index (χ3v) is 4.05. The summed E-state index contributed by atoms with van der Waals surface area (Å²) < 4.78 is 0. The van der Waals surface area contributed by atoms with Gasteiger partial charge in [-0.05, 0) is 26.0 Å². The van der Waals surface area contributed by atoms with Crippen LogP contribution >= 0.6 is 0 Å². The average molecular weight is 275 g/mol. The van der Waals surface area contributed by atoms with Gasteiger partial charge in [0.1, 0.15) is 0 Å². The molecule has 1 fully saturated rings. The molecule has 1 aromatic rings. The summed E-state index contributed by atoms with van der Waals surface area (Å²) in [5.41, 5.74) is 2.58. The highest BCUT2D eigenvalue weighted by Crippen LogP contribution is 2.10. The van der Waals surface area contributed by atoms with Crippen molar-refractivity contribution in [3.8, 4) is 0 Å². The van der Waals surface area contributed by atoms with Gasteiger partial charge in [0.05, 0.1) is 30.9 Å². The van der Waals surface area contributed by atoms with Gasteiger partial charge in [-0.2, -0.15) is 0 Å². The molecule has 108 valence electrons. The number of rotatable bonds is 2. The molecule has 1 aromatic carbocycles. The fourth-order valence-corrected chi connectivity index (χ4v) is 2.54. The predicted molar refractivity (Wildman–Crippen MR) is 79.0 cm³/mol. The number of likely N-dealkylation sites (tertiary alicyclic amines) is 1. The Balaban J connectivity index is 2.03. The molecule has 1 saturated heterocycles. The van der Waals surface area contributed by atoms with Crippen LogP contribution in [0.4, 0.5) is 0 Å². The number of carbonyl (C=O) groups excluding carboxylic acids is 1. The molecule has 1 unspecified atom stereocenters. The van der Waals surface area contributed by atoms with Crippen LogP contribution in [-0.4, -0.2) is 31.3 Å². The second kappa shape index (κ2) is 6.18. The first-order valence-corrected chi connectivity index (χ1v) is 7.14. The van der Waals surface area contributed by atoms with Crippen LogP contribution < -0.4 is 4.90 Å². The zero-order valence-corrected chi connectivity index (χ0v) is 12.6. The van der Waals surface area contributed by atoms with Gasteiger partial charge < -0.3 is 9.74 Å². The number of benzene rings is 1. The van der Waals surface area contributed by atoms with E-state index in [-0.39, 0.29) is 5.97 Å². The van der Waals surface area contributed by atoms with E-state index in [0.29, 0.717) is 17.5 Å². The maximum atomic E-state index is 12.0. The van der Waals surface area contributed by atoms with E-state index in [1.54, 1.807) is 6.07 Å². The first-order valence-electron chi connectivity index (χ1n) is 7.14. The lowest BCUT2D eigenvalue weighted by atomic mass is 9.93. The third kappa shape index (κ3) is 3.45. The number of aryl methyl sites for hydroxylation is 1. The second-order valence-electron chi connectivity index (χ2n) is 5.89. The standard InChI is InChI=1S/C16H22N2O2/c1-11-6-5-7-14(8-11)16(19)20-17-15-9-13(3)18(4)10-12(15)2/h5-8,12-13H,9-10H2,1-4H3/p+1/b17-15+/t12-,13+/m0/s1. The number of hydrogen-bond acceptors (Lipinski definition) is 3. The van der Waals surface area contributed by atoms with Crippen LogP contribution in [0.25, 0.3) is 0 Å². The first kappa shape index (κ1) is 14.7. The summed E-state index contributed by atoms with van der Waals surface area (Å²) >= 11 is 0. The summed E-state index contributed by atoms with van der Waals surface area (Å²) in [5, 5.41) is 4.11. The Morgan fingerprint density at radius 3 is 2.85 bits per heavy atom. The van der Waals surface area contributed by atoms with Crippen molar-refractivity contribution in [3.05, 3.63) is 35.4 Å². The minimum absolute atomic E-state index is 0.358. The topological polar surface area (TPSA) is 43.1 Å². The molecule has 0 spiro atoms. The second-order valence-corrected chi connectivity index (χ2v) is 5.89. The number of piperidine rings is 1. The normalized spacial score (nSPS) is 28.4. The number of nitrogens with one attached hydrogen (secondary N) is 1. The molecule has 4 nitrogen and oxygen atoms in total. The molecule has 1 aliphatic heterocycles. The Bertz CT molecular complexity index is 525. The number of quaternary nitrogens is 1. The lowest BCUT2D eigenvalue weighted by Crippen LogP contribution is -3.14. The van der Waals surface area contributed by atoms with Gasteiger partial charge >= 0.3 is 5.97 Å². The number of hydrogen-bond donors (Lipinski definition) is 1. The van der Waals surface area contributed by atoms with Gasteiger partial charge in [-0.1, -0.05) is 29.8 Å². The molecule has 20 heavy (non-hydrogen) atoms. The first-order chi connectivity index (χ1) is 9.47. The van der Waals surface area contributed by atoms with E-state index in [1.165, 1.54) is 4.90 Å². The van der Waals surface area contributed by atoms with Gasteiger partial charge in [-0.3, -0.25) is 0 Å². The van der Waals surface area contributed by atoms with Gasteiger partial charge in [0.25, 0.3) is 0 Å². The summed E-state index contributed by atoms with van der Waals surface area (Å²) in [6.45, 7) is 7.31. The molecule has 0 amide bonds. The number of oxime groups is 1. The van der Waals surface area contributed by atoms with Gasteiger partial charge in [-0.25, -0.2) is 4.79 Å². The molecule has 0 saturated carbocycles. The molecule has 0 aliphatic carbocycles. The Kier molecular flexibility index (Phi) is 4.55. The molecule has 0 radical (unpaired) electrons. The largest absolute Gasteiger partial charge is 0.365 e. The van der Waals surface area contributed by atoms with E-state index in [2.05, 4.69) is 26.1 Å². The van der Waals surface area contributed by atoms with Crippen LogP contribution in [0.3, 0.4) is 0 Å². The van der Waals surface area contributed by atoms with E-state index in [9.17, 15) is 4.79 Å². The molecule has 0 aromatic heterocycles. The van der Waals surface area contributed by atoms with Gasteiger partial charge in [-0.15, -0.1) is 0 Å². The molecule has 2 rings (SSSR count). The average Bonchev–Trinajstić information content (AvgIpc) is 2.41. The molecule has 4 heteroatoms. The van der Waals surface area contributed by atoms with Crippen molar-refractivity contribution in [2.75, 3.05) is 13.6 Å². The van der Waals surface area contributed by atoms with Crippen molar-refractivity contribution in [3.63, 3.8) is 0 Å². The monoisotopic (exact) mass is 275 g/mol. The SMILES string of the molecule is Cc1cccc(C(=O)O/N=C2\C[C@@H](C)[NH+](C)C[C@@H]2C)c1. The Hall–Kier alpha value is -1.68. The maximum absolute atomic E-state index is 12.0. The summed E-state index contributed by atoms with van der Waals surface area (Å²) in [4.78, 5) is 18.6. The molecule has 1 heterocycles. The van der Waals surface area contributed by atoms with Crippen molar-refractivity contribution in [1.82, 2.24) is 0 Å². The van der Waals surface area contributed by atoms with Gasteiger partial charge in [0.2, 0.25) is 0 Å². The summed E-state index contributed by atoms with van der Waals surface area (Å²) in [5.74, 6) is -0.0242. The minimum Gasteiger partial charge on any atom is -0.334 e. The Morgan fingerprint density at radius 2 is 2.15 bits per heavy atom. The van der Waals surface area contributed by atoms with E-state index in [4.69, 9.17) is 4.84 Å². The minimum atomic E-state index is -0.382. The molecular formula is C16H23N2O2+. The molecule has 1 N–H and O–H groups in total. The summed E-state index contributed by atoms with van der Waals surface area (Å²) in [6, 6.07) is 7.88. The van der Waals surface area contributed by atoms with Crippen molar-refractivity contribution in [2.24, 2.45) is 11.1 Å². The van der Waals surface area contributed by atoms with Crippen LogP contribution in [0.2, 0.25) is 0 Å². The van der Waals surface area contributed by atoms with Crippen LogP contribution in [0.15, 0.2) is 29.4 Å². The molecule has 1 aliphatic rings. The molecular weight excluding hydrogens is 252 g/mol. The highest BCUT2D eigenvalue weighted by molar-refractivity contribution is 5.91. The van der Waals surface area contributed by atoms with Crippen molar-refractivity contribution < 1.29 is 14.5 Å². The zero-order chi connectivity index (χ0) is 14.7. The van der Waals surface area contributed by atoms with E-state index in [0.717, 1.165) is 24.2 Å². The van der Waals surface area contributed by atoms with Crippen LogP contribution in [-0.2, 0) is 4.84 Å². The van der Waals surface area contributed by atoms with Crippen molar-refractivity contribution in [2.45, 2.75) is 33.2 Å². The number of nitrogens with zero attached hydrogens (tertiary/aromatic N) is 1. The fraction of sp³-hybridized carbons (Fsp3) is 0.500. The van der Waals surface area contributed by atoms with Gasteiger partial charge in [0.15, 0.2) is 0 Å². The smallest absolute Gasteiger partial charge is 0.334 e. The van der Waals surface area contributed by atoms with E-state index >= 15 is 0 Å². The highest BCUT2D eigenvalue weighted by Gasteiger charge is 2.29. The Labute approximate surface area is 120 Å². The van der Waals surface area contributed by atoms with Crippen molar-refractivity contribution >= 4 is 11.7 Å². The third-order valence-electron chi connectivity index (χ3n) is 4.05. The molecule has 0 bridgehead atoms. The lowest BCUT2D eigenvalue weighted by Gasteiger charge is -2.31. The summed E-state index contributed by atoms with van der Waals surface area (Å²) in [6.07, 6.45) is 0.883. The van der Waals surface area contributed by atoms with E-state index < -0.39 is 0 Å². The van der Waals surface area contributed by atoms with Crippen LogP contribution in [0.1, 0.15) is 36.2 Å². The van der Waals surface area contributed by atoms with E-state index in [1.807, 2.05) is 25.1 Å². The maximum Gasteiger partial charge on any atom is 0.365 e. The predicted octanol–water partition coefficient (Wildman–Crippen LogP) is 1.45. The number of carbonyl (C=O) groups is 1. The van der Waals surface area contributed by atoms with Crippen molar-refractivity contribution in [1.29, 1.82) is 0 Å². The van der Waals surface area contributed by atoms with Gasteiger partial charge in [0, 0.05) is 12.3 Å². The van der Waals surface area contributed by atoms with Crippen LogP contribution in [0.5, 0.6) is 0 Å². The van der Waals surface area contributed by atoms with Crippen LogP contribution in [0, 0.1) is 12.8 Å². The molecule has 3 atom stereocenters. The summed E-state index contributed by atoms with van der Waals surface area (Å²) in [7, 11) is 2.19. The quantitative estimate of drug-likeness (QED) is 0.656. The zero-order valence-electron chi connectivity index (χ0n) is 12.6.